The smallest absolute Gasteiger partial charge is 0.0217 e. The fraction of sp³-hybridized carbons (Fsp3) is 1.00. The average molecular weight is 214 g/mol. The van der Waals surface area contributed by atoms with E-state index in [9.17, 15) is 0 Å². The maximum atomic E-state index is 3.57. The normalized spacial score (nSPS) is 16.4. The molecule has 0 aromatic heterocycles. The first-order chi connectivity index (χ1) is 6.90. The molecule has 0 amide bonds. The van der Waals surface area contributed by atoms with E-state index in [1.165, 1.54) is 0 Å². The largest absolute Gasteiger partial charge is 0.313 e. The van der Waals surface area contributed by atoms with E-state index < -0.39 is 0 Å². The lowest BCUT2D eigenvalue weighted by Gasteiger charge is -2.33. The van der Waals surface area contributed by atoms with Gasteiger partial charge in [0.05, 0.1) is 0 Å². The SMILES string of the molecule is CCNC(CN(C)C(C)C(C)C)C(C)C. The minimum Gasteiger partial charge on any atom is -0.313 e. The Morgan fingerprint density at radius 3 is 1.87 bits per heavy atom. The van der Waals surface area contributed by atoms with Gasteiger partial charge in [0.1, 0.15) is 0 Å². The molecule has 2 atom stereocenters. The molecule has 0 saturated carbocycles. The zero-order chi connectivity index (χ0) is 12.0. The third-order valence-corrected chi connectivity index (χ3v) is 3.42. The first-order valence-electron chi connectivity index (χ1n) is 6.33. The monoisotopic (exact) mass is 214 g/mol. The molecule has 92 valence electrons. The van der Waals surface area contributed by atoms with E-state index >= 15 is 0 Å². The highest BCUT2D eigenvalue weighted by Crippen LogP contribution is 2.11. The van der Waals surface area contributed by atoms with Gasteiger partial charge in [-0.1, -0.05) is 34.6 Å². The molecule has 0 fully saturated rings. The van der Waals surface area contributed by atoms with Crippen LogP contribution in [0, 0.1) is 11.8 Å². The predicted molar refractivity (Wildman–Crippen MR) is 69.2 cm³/mol. The molecule has 15 heavy (non-hydrogen) atoms. The van der Waals surface area contributed by atoms with Gasteiger partial charge >= 0.3 is 0 Å². The van der Waals surface area contributed by atoms with Crippen molar-refractivity contribution >= 4 is 0 Å². The number of likely N-dealkylation sites (N-methyl/N-ethyl adjacent to an activating group) is 2. The Labute approximate surface area is 96.4 Å². The van der Waals surface area contributed by atoms with Crippen LogP contribution in [-0.2, 0) is 0 Å². The van der Waals surface area contributed by atoms with Gasteiger partial charge in [0.2, 0.25) is 0 Å². The van der Waals surface area contributed by atoms with E-state index in [1.54, 1.807) is 0 Å². The Morgan fingerprint density at radius 1 is 1.00 bits per heavy atom. The molecule has 2 nitrogen and oxygen atoms in total. The average Bonchev–Trinajstić information content (AvgIpc) is 2.15. The van der Waals surface area contributed by atoms with E-state index in [0.29, 0.717) is 18.0 Å². The third kappa shape index (κ3) is 5.53. The van der Waals surface area contributed by atoms with Crippen molar-refractivity contribution in [2.45, 2.75) is 53.6 Å². The Hall–Kier alpha value is -0.0800. The highest BCUT2D eigenvalue weighted by atomic mass is 15.2. The Bertz CT molecular complexity index is 155. The van der Waals surface area contributed by atoms with Crippen LogP contribution in [0.2, 0.25) is 0 Å². The van der Waals surface area contributed by atoms with E-state index in [4.69, 9.17) is 0 Å². The summed E-state index contributed by atoms with van der Waals surface area (Å²) in [5.74, 6) is 1.43. The predicted octanol–water partition coefficient (Wildman–Crippen LogP) is 2.60. The standard InChI is InChI=1S/C13H30N2/c1-8-14-13(11(4)5)9-15(7)12(6)10(2)3/h10-14H,8-9H2,1-7H3. The lowest BCUT2D eigenvalue weighted by Crippen LogP contribution is -2.46. The zero-order valence-electron chi connectivity index (χ0n) is 11.7. The molecule has 0 aromatic carbocycles. The molecule has 0 spiro atoms. The van der Waals surface area contributed by atoms with Crippen LogP contribution < -0.4 is 5.32 Å². The number of nitrogens with zero attached hydrogens (tertiary/aromatic N) is 1. The first kappa shape index (κ1) is 14.9. The molecule has 2 unspecified atom stereocenters. The van der Waals surface area contributed by atoms with Crippen LogP contribution in [0.15, 0.2) is 0 Å². The van der Waals surface area contributed by atoms with E-state index in [-0.39, 0.29) is 0 Å². The van der Waals surface area contributed by atoms with E-state index in [1.807, 2.05) is 0 Å². The Kier molecular flexibility index (Phi) is 7.20. The fourth-order valence-corrected chi connectivity index (χ4v) is 1.76. The maximum Gasteiger partial charge on any atom is 0.0217 e. The van der Waals surface area contributed by atoms with Crippen molar-refractivity contribution in [3.05, 3.63) is 0 Å². The van der Waals surface area contributed by atoms with Gasteiger partial charge in [0.25, 0.3) is 0 Å². The van der Waals surface area contributed by atoms with Gasteiger partial charge < -0.3 is 10.2 Å². The van der Waals surface area contributed by atoms with Crippen molar-refractivity contribution in [2.24, 2.45) is 11.8 Å². The highest BCUT2D eigenvalue weighted by molar-refractivity contribution is 4.77. The molecule has 0 aliphatic heterocycles. The molecule has 0 heterocycles. The molecule has 0 bridgehead atoms. The molecule has 0 aliphatic rings. The van der Waals surface area contributed by atoms with Crippen molar-refractivity contribution in [3.63, 3.8) is 0 Å². The quantitative estimate of drug-likeness (QED) is 0.701. The van der Waals surface area contributed by atoms with Crippen LogP contribution in [0.3, 0.4) is 0 Å². The van der Waals surface area contributed by atoms with Crippen molar-refractivity contribution in [1.29, 1.82) is 0 Å². The molecular formula is C13H30N2. The van der Waals surface area contributed by atoms with E-state index in [2.05, 4.69) is 58.8 Å². The number of rotatable bonds is 7. The Balaban J connectivity index is 4.15. The molecular weight excluding hydrogens is 184 g/mol. The van der Waals surface area contributed by atoms with Crippen LogP contribution in [0.1, 0.15) is 41.5 Å². The highest BCUT2D eigenvalue weighted by Gasteiger charge is 2.19. The van der Waals surface area contributed by atoms with Gasteiger partial charge in [-0.25, -0.2) is 0 Å². The van der Waals surface area contributed by atoms with Gasteiger partial charge in [0.15, 0.2) is 0 Å². The number of hydrogen-bond acceptors (Lipinski definition) is 2. The second kappa shape index (κ2) is 7.24. The van der Waals surface area contributed by atoms with Crippen LogP contribution in [0.4, 0.5) is 0 Å². The molecule has 0 rings (SSSR count). The Morgan fingerprint density at radius 2 is 1.53 bits per heavy atom. The molecule has 0 aromatic rings. The summed E-state index contributed by atoms with van der Waals surface area (Å²) in [4.78, 5) is 2.47. The maximum absolute atomic E-state index is 3.57. The van der Waals surface area contributed by atoms with Gasteiger partial charge in [-0.05, 0) is 32.4 Å². The molecule has 0 radical (unpaired) electrons. The minimum atomic E-state index is 0.612. The summed E-state index contributed by atoms with van der Waals surface area (Å²) >= 11 is 0. The van der Waals surface area contributed by atoms with E-state index in [0.717, 1.165) is 19.0 Å². The van der Waals surface area contributed by atoms with Crippen LogP contribution in [0.5, 0.6) is 0 Å². The van der Waals surface area contributed by atoms with Crippen LogP contribution in [0.25, 0.3) is 0 Å². The molecule has 2 heteroatoms. The number of hydrogen-bond donors (Lipinski definition) is 1. The molecule has 0 saturated heterocycles. The van der Waals surface area contributed by atoms with Crippen molar-refractivity contribution < 1.29 is 0 Å². The topological polar surface area (TPSA) is 15.3 Å². The lowest BCUT2D eigenvalue weighted by atomic mass is 10.0. The lowest BCUT2D eigenvalue weighted by molar-refractivity contribution is 0.173. The second-order valence-electron chi connectivity index (χ2n) is 5.33. The van der Waals surface area contributed by atoms with Gasteiger partial charge in [-0.2, -0.15) is 0 Å². The third-order valence-electron chi connectivity index (χ3n) is 3.42. The van der Waals surface area contributed by atoms with Gasteiger partial charge in [-0.15, -0.1) is 0 Å². The summed E-state index contributed by atoms with van der Waals surface area (Å²) in [6.45, 7) is 15.9. The summed E-state index contributed by atoms with van der Waals surface area (Å²) in [7, 11) is 2.23. The summed E-state index contributed by atoms with van der Waals surface area (Å²) in [6.07, 6.45) is 0. The van der Waals surface area contributed by atoms with Gasteiger partial charge in [-0.3, -0.25) is 0 Å². The molecule has 0 aliphatic carbocycles. The molecule has 1 N–H and O–H groups in total. The van der Waals surface area contributed by atoms with Gasteiger partial charge in [0, 0.05) is 18.6 Å². The number of nitrogens with one attached hydrogen (secondary N) is 1. The summed E-state index contributed by atoms with van der Waals surface area (Å²) < 4.78 is 0. The minimum absolute atomic E-state index is 0.612. The summed E-state index contributed by atoms with van der Waals surface area (Å²) in [5.41, 5.74) is 0. The fourth-order valence-electron chi connectivity index (χ4n) is 1.76. The van der Waals surface area contributed by atoms with Crippen LogP contribution >= 0.6 is 0 Å². The second-order valence-corrected chi connectivity index (χ2v) is 5.33. The van der Waals surface area contributed by atoms with Crippen molar-refractivity contribution in [3.8, 4) is 0 Å². The zero-order valence-corrected chi connectivity index (χ0v) is 11.7. The van der Waals surface area contributed by atoms with Crippen molar-refractivity contribution in [2.75, 3.05) is 20.1 Å². The summed E-state index contributed by atoms with van der Waals surface area (Å²) in [5, 5.41) is 3.57. The van der Waals surface area contributed by atoms with Crippen molar-refractivity contribution in [1.82, 2.24) is 10.2 Å². The van der Waals surface area contributed by atoms with Crippen LogP contribution in [-0.4, -0.2) is 37.1 Å². The summed E-state index contributed by atoms with van der Waals surface area (Å²) in [6, 6.07) is 1.27. The first-order valence-corrected chi connectivity index (χ1v) is 6.33.